The molecule has 17 nitrogen and oxygen atoms in total. The molecule has 10 atom stereocenters. The molecule has 0 radical (unpaired) electrons. The summed E-state index contributed by atoms with van der Waals surface area (Å²) >= 11 is 0. The van der Waals surface area contributed by atoms with Crippen LogP contribution in [0.5, 0.6) is 23.0 Å². The van der Waals surface area contributed by atoms with Crippen LogP contribution in [-0.2, 0) is 14.2 Å². The summed E-state index contributed by atoms with van der Waals surface area (Å²) in [7, 11) is 2.52. The van der Waals surface area contributed by atoms with E-state index < -0.39 is 86.6 Å². The minimum absolute atomic E-state index is 0.0118. The zero-order chi connectivity index (χ0) is 33.0. The SMILES string of the molecule is COc1cc(C(=O)OC[C@H]2O[C@@H](Oc3ccc(C(=O)O)cc3OC)[C@H](O)[C@@H](O)[C@@H]2O)ccc1O[C@@H]1O[C@H](CO)[C@@H](O)[C@H](O)[C@H]1O. The molecule has 0 aliphatic carbocycles. The molecule has 0 aromatic heterocycles. The van der Waals surface area contributed by atoms with Crippen LogP contribution in [0.3, 0.4) is 0 Å². The highest BCUT2D eigenvalue weighted by atomic mass is 16.7. The van der Waals surface area contributed by atoms with Crippen LogP contribution in [0, 0.1) is 0 Å². The van der Waals surface area contributed by atoms with Gasteiger partial charge in [-0.3, -0.25) is 0 Å². The van der Waals surface area contributed by atoms with E-state index in [1.165, 1.54) is 50.6 Å². The first-order valence-corrected chi connectivity index (χ1v) is 13.5. The normalized spacial score (nSPS) is 31.5. The zero-order valence-electron chi connectivity index (χ0n) is 23.9. The molecule has 4 rings (SSSR count). The predicted molar refractivity (Wildman–Crippen MR) is 145 cm³/mol. The van der Waals surface area contributed by atoms with Crippen molar-refractivity contribution in [1.29, 1.82) is 0 Å². The van der Waals surface area contributed by atoms with Gasteiger partial charge in [0.05, 0.1) is 32.0 Å². The Kier molecular flexibility index (Phi) is 11.0. The van der Waals surface area contributed by atoms with E-state index in [1.807, 2.05) is 0 Å². The molecular formula is C28H34O17. The van der Waals surface area contributed by atoms with Crippen LogP contribution in [-0.4, -0.2) is 142 Å². The van der Waals surface area contributed by atoms with E-state index in [0.717, 1.165) is 0 Å². The molecule has 0 unspecified atom stereocenters. The Morgan fingerprint density at radius 2 is 1.13 bits per heavy atom. The maximum atomic E-state index is 12.8. The standard InChI is InChI=1S/C28H34O17/c1-39-15-7-11(25(36)37)3-5-13(15)43-28-24(35)22(33)20(31)18(45-28)10-41-26(38)12-4-6-14(16(8-12)40-2)42-27-23(34)21(32)19(30)17(9-29)44-27/h3-8,17-24,27-35H,9-10H2,1-2H3,(H,36,37)/t17-,18-,19-,20-,21+,22+,23-,24-,27-,28-/m1/s1. The summed E-state index contributed by atoms with van der Waals surface area (Å²) in [6, 6.07) is 7.40. The third-order valence-electron chi connectivity index (χ3n) is 7.19. The van der Waals surface area contributed by atoms with Crippen LogP contribution in [0.15, 0.2) is 36.4 Å². The number of carbonyl (C=O) groups excluding carboxylic acids is 1. The first-order valence-electron chi connectivity index (χ1n) is 13.5. The molecule has 45 heavy (non-hydrogen) atoms. The van der Waals surface area contributed by atoms with Gasteiger partial charge < -0.3 is 74.0 Å². The number of methoxy groups -OCH3 is 2. The average molecular weight is 643 g/mol. The molecule has 2 aliphatic heterocycles. The molecule has 17 heteroatoms. The van der Waals surface area contributed by atoms with E-state index in [9.17, 15) is 50.4 Å². The summed E-state index contributed by atoms with van der Waals surface area (Å²) in [5, 5.41) is 80.0. The number of aromatic carboxylic acids is 1. The summed E-state index contributed by atoms with van der Waals surface area (Å²) in [5.74, 6) is -2.25. The maximum absolute atomic E-state index is 12.8. The molecule has 2 fully saturated rings. The first-order chi connectivity index (χ1) is 21.4. The number of esters is 1. The van der Waals surface area contributed by atoms with Gasteiger partial charge in [-0.1, -0.05) is 0 Å². The Labute approximate surface area is 255 Å². The molecule has 0 bridgehead atoms. The average Bonchev–Trinajstić information content (AvgIpc) is 3.04. The lowest BCUT2D eigenvalue weighted by Gasteiger charge is -2.40. The van der Waals surface area contributed by atoms with Crippen molar-refractivity contribution in [2.24, 2.45) is 0 Å². The van der Waals surface area contributed by atoms with E-state index in [0.29, 0.717) is 0 Å². The van der Waals surface area contributed by atoms with Crippen molar-refractivity contribution >= 4 is 11.9 Å². The third kappa shape index (κ3) is 7.38. The van der Waals surface area contributed by atoms with E-state index in [1.54, 1.807) is 0 Å². The topological polar surface area (TPSA) is 261 Å². The van der Waals surface area contributed by atoms with Gasteiger partial charge in [0.15, 0.2) is 23.0 Å². The van der Waals surface area contributed by atoms with Crippen molar-refractivity contribution in [3.05, 3.63) is 47.5 Å². The van der Waals surface area contributed by atoms with Crippen LogP contribution < -0.4 is 18.9 Å². The number of benzene rings is 2. The number of hydrogen-bond donors (Lipinski definition) is 8. The van der Waals surface area contributed by atoms with Crippen LogP contribution in [0.4, 0.5) is 0 Å². The van der Waals surface area contributed by atoms with Gasteiger partial charge in [0, 0.05) is 0 Å². The molecule has 248 valence electrons. The summed E-state index contributed by atoms with van der Waals surface area (Å²) < 4.78 is 37.7. The van der Waals surface area contributed by atoms with Gasteiger partial charge in [0.25, 0.3) is 0 Å². The number of rotatable bonds is 11. The maximum Gasteiger partial charge on any atom is 0.338 e. The smallest absolute Gasteiger partial charge is 0.338 e. The number of aliphatic hydroxyl groups excluding tert-OH is 7. The highest BCUT2D eigenvalue weighted by Crippen LogP contribution is 2.34. The molecule has 0 spiro atoms. The Hall–Kier alpha value is -3.78. The summed E-state index contributed by atoms with van der Waals surface area (Å²) in [6.45, 7) is -1.27. The Morgan fingerprint density at radius 1 is 0.667 bits per heavy atom. The summed E-state index contributed by atoms with van der Waals surface area (Å²) in [5.41, 5.74) is -0.162. The first kappa shape index (κ1) is 34.1. The largest absolute Gasteiger partial charge is 0.493 e. The van der Waals surface area contributed by atoms with Crippen molar-refractivity contribution in [2.45, 2.75) is 61.4 Å². The van der Waals surface area contributed by atoms with Gasteiger partial charge in [-0.2, -0.15) is 0 Å². The summed E-state index contributed by atoms with van der Waals surface area (Å²) in [4.78, 5) is 24.1. The van der Waals surface area contributed by atoms with Crippen LogP contribution in [0.1, 0.15) is 20.7 Å². The quantitative estimate of drug-likeness (QED) is 0.119. The lowest BCUT2D eigenvalue weighted by molar-refractivity contribution is -0.277. The number of aliphatic hydroxyl groups is 7. The molecule has 2 heterocycles. The van der Waals surface area contributed by atoms with Crippen molar-refractivity contribution in [2.75, 3.05) is 27.4 Å². The van der Waals surface area contributed by atoms with Crippen molar-refractivity contribution < 1.29 is 83.6 Å². The van der Waals surface area contributed by atoms with E-state index in [-0.39, 0.29) is 34.1 Å². The Bertz CT molecular complexity index is 1330. The van der Waals surface area contributed by atoms with Crippen molar-refractivity contribution in [3.8, 4) is 23.0 Å². The van der Waals surface area contributed by atoms with Gasteiger partial charge in [-0.25, -0.2) is 9.59 Å². The van der Waals surface area contributed by atoms with E-state index >= 15 is 0 Å². The highest BCUT2D eigenvalue weighted by Gasteiger charge is 2.46. The third-order valence-corrected chi connectivity index (χ3v) is 7.19. The van der Waals surface area contributed by atoms with Crippen molar-refractivity contribution in [1.82, 2.24) is 0 Å². The second-order valence-electron chi connectivity index (χ2n) is 10.1. The molecule has 2 aromatic rings. The van der Waals surface area contributed by atoms with E-state index in [4.69, 9.17) is 33.2 Å². The molecule has 2 aliphatic rings. The minimum atomic E-state index is -1.78. The highest BCUT2D eigenvalue weighted by molar-refractivity contribution is 5.90. The number of carbonyl (C=O) groups is 2. The van der Waals surface area contributed by atoms with Gasteiger partial charge >= 0.3 is 11.9 Å². The molecule has 0 saturated carbocycles. The zero-order valence-corrected chi connectivity index (χ0v) is 23.9. The van der Waals surface area contributed by atoms with Gasteiger partial charge in [-0.15, -0.1) is 0 Å². The molecule has 0 amide bonds. The number of carboxylic acid groups (broad SMARTS) is 1. The second-order valence-corrected chi connectivity index (χ2v) is 10.1. The van der Waals surface area contributed by atoms with Gasteiger partial charge in [-0.05, 0) is 36.4 Å². The Balaban J connectivity index is 1.42. The number of ether oxygens (including phenoxy) is 7. The lowest BCUT2D eigenvalue weighted by Crippen LogP contribution is -2.60. The molecular weight excluding hydrogens is 608 g/mol. The fraction of sp³-hybridized carbons (Fsp3) is 0.500. The Morgan fingerprint density at radius 3 is 1.62 bits per heavy atom. The van der Waals surface area contributed by atoms with E-state index in [2.05, 4.69) is 0 Å². The predicted octanol–water partition coefficient (Wildman–Crippen LogP) is -2.38. The number of carboxylic acids is 1. The second kappa shape index (κ2) is 14.5. The van der Waals surface area contributed by atoms with Crippen LogP contribution >= 0.6 is 0 Å². The number of hydrogen-bond acceptors (Lipinski definition) is 16. The van der Waals surface area contributed by atoms with Gasteiger partial charge in [0.2, 0.25) is 12.6 Å². The minimum Gasteiger partial charge on any atom is -0.493 e. The summed E-state index contributed by atoms with van der Waals surface area (Å²) in [6.07, 6.45) is -15.9. The van der Waals surface area contributed by atoms with Crippen LogP contribution in [0.2, 0.25) is 0 Å². The molecule has 2 saturated heterocycles. The monoisotopic (exact) mass is 642 g/mol. The molecule has 2 aromatic carbocycles. The van der Waals surface area contributed by atoms with Crippen molar-refractivity contribution in [3.63, 3.8) is 0 Å². The fourth-order valence-corrected chi connectivity index (χ4v) is 4.60. The fourth-order valence-electron chi connectivity index (χ4n) is 4.60. The molecule has 8 N–H and O–H groups in total. The van der Waals surface area contributed by atoms with Crippen LogP contribution in [0.25, 0.3) is 0 Å². The lowest BCUT2D eigenvalue weighted by atomic mass is 9.99. The van der Waals surface area contributed by atoms with Gasteiger partial charge in [0.1, 0.15) is 55.4 Å².